The van der Waals surface area contributed by atoms with Crippen LogP contribution in [-0.2, 0) is 16.3 Å². The van der Waals surface area contributed by atoms with Crippen LogP contribution in [0.4, 0.5) is 0 Å². The maximum Gasteiger partial charge on any atom is 0.160 e. The Kier molecular flexibility index (Phi) is 6.29. The van der Waals surface area contributed by atoms with Gasteiger partial charge < -0.3 is 14.8 Å². The van der Waals surface area contributed by atoms with Gasteiger partial charge in [0, 0.05) is 12.3 Å². The van der Waals surface area contributed by atoms with Crippen LogP contribution < -0.4 is 14.8 Å². The zero-order chi connectivity index (χ0) is 15.2. The Morgan fingerprint density at radius 2 is 1.85 bits per heavy atom. The van der Waals surface area contributed by atoms with Crippen LogP contribution in [0.5, 0.6) is 11.5 Å². The Balaban J connectivity index is 2.50. The summed E-state index contributed by atoms with van der Waals surface area (Å²) in [5.74, 6) is 1.56. The summed E-state index contributed by atoms with van der Waals surface area (Å²) in [5.41, 5.74) is 1.11. The molecule has 0 heterocycles. The molecule has 0 saturated carbocycles. The molecule has 0 amide bonds. The molecule has 1 N–H and O–H groups in total. The van der Waals surface area contributed by atoms with Gasteiger partial charge in [-0.05, 0) is 37.6 Å². The second kappa shape index (κ2) is 7.50. The van der Waals surface area contributed by atoms with E-state index in [0.717, 1.165) is 12.0 Å². The Morgan fingerprint density at radius 3 is 2.40 bits per heavy atom. The van der Waals surface area contributed by atoms with Crippen LogP contribution in [0.25, 0.3) is 0 Å². The van der Waals surface area contributed by atoms with Crippen LogP contribution in [0.1, 0.15) is 12.5 Å². The van der Waals surface area contributed by atoms with Gasteiger partial charge >= 0.3 is 0 Å². The third kappa shape index (κ3) is 5.79. The van der Waals surface area contributed by atoms with E-state index in [-0.39, 0.29) is 11.8 Å². The molecule has 0 aliphatic carbocycles. The van der Waals surface area contributed by atoms with Gasteiger partial charge in [0.05, 0.1) is 20.0 Å². The number of sulfone groups is 1. The molecule has 1 rings (SSSR count). The molecule has 0 aromatic heterocycles. The molecule has 0 fully saturated rings. The fourth-order valence-corrected chi connectivity index (χ4v) is 3.04. The second-order valence-electron chi connectivity index (χ2n) is 4.89. The molecule has 0 spiro atoms. The lowest BCUT2D eigenvalue weighted by molar-refractivity contribution is 0.354. The maximum absolute atomic E-state index is 11.2. The van der Waals surface area contributed by atoms with Crippen molar-refractivity contribution in [3.8, 4) is 11.5 Å². The summed E-state index contributed by atoms with van der Waals surface area (Å²) in [4.78, 5) is 0. The molecular formula is C14H23NO4S. The monoisotopic (exact) mass is 301 g/mol. The van der Waals surface area contributed by atoms with Crippen LogP contribution in [0.15, 0.2) is 18.2 Å². The molecule has 1 atom stereocenters. The summed E-state index contributed by atoms with van der Waals surface area (Å²) in [7, 11) is 0.271. The Labute approximate surface area is 121 Å². The zero-order valence-corrected chi connectivity index (χ0v) is 13.3. The third-order valence-corrected chi connectivity index (χ3v) is 4.01. The molecule has 5 nitrogen and oxygen atoms in total. The molecular weight excluding hydrogens is 278 g/mol. The molecule has 20 heavy (non-hydrogen) atoms. The molecule has 0 aliphatic rings. The standard InChI is InChI=1S/C14H23NO4S/c1-11(10-20(4,16)17)15-8-7-12-5-6-13(18-2)14(9-12)19-3/h5-6,9,11,15H,7-8,10H2,1-4H3/t11-/m0/s1. The minimum Gasteiger partial charge on any atom is -0.493 e. The number of hydrogen-bond donors (Lipinski definition) is 1. The van der Waals surface area contributed by atoms with Crippen LogP contribution in [0.2, 0.25) is 0 Å². The Bertz CT molecular complexity index is 528. The topological polar surface area (TPSA) is 64.6 Å². The average molecular weight is 301 g/mol. The van der Waals surface area contributed by atoms with E-state index < -0.39 is 9.84 Å². The fraction of sp³-hybridized carbons (Fsp3) is 0.571. The lowest BCUT2D eigenvalue weighted by Crippen LogP contribution is -2.34. The fourth-order valence-electron chi connectivity index (χ4n) is 2.01. The van der Waals surface area contributed by atoms with E-state index in [0.29, 0.717) is 18.0 Å². The van der Waals surface area contributed by atoms with Gasteiger partial charge in [0.2, 0.25) is 0 Å². The summed E-state index contributed by atoms with van der Waals surface area (Å²) in [6.07, 6.45) is 2.05. The summed E-state index contributed by atoms with van der Waals surface area (Å²) < 4.78 is 32.7. The molecule has 0 unspecified atom stereocenters. The smallest absolute Gasteiger partial charge is 0.160 e. The highest BCUT2D eigenvalue weighted by Gasteiger charge is 2.10. The number of benzene rings is 1. The van der Waals surface area contributed by atoms with Crippen molar-refractivity contribution in [1.29, 1.82) is 0 Å². The number of methoxy groups -OCH3 is 2. The highest BCUT2D eigenvalue weighted by molar-refractivity contribution is 7.90. The van der Waals surface area contributed by atoms with Gasteiger partial charge in [0.1, 0.15) is 9.84 Å². The first-order valence-electron chi connectivity index (χ1n) is 6.47. The minimum atomic E-state index is -2.94. The summed E-state index contributed by atoms with van der Waals surface area (Å²) in [6.45, 7) is 2.59. The average Bonchev–Trinajstić information content (AvgIpc) is 2.36. The molecule has 6 heteroatoms. The van der Waals surface area contributed by atoms with E-state index in [1.807, 2.05) is 25.1 Å². The van der Waals surface area contributed by atoms with Crippen LogP contribution in [-0.4, -0.2) is 47.2 Å². The number of ether oxygens (including phenoxy) is 2. The van der Waals surface area contributed by atoms with E-state index in [1.54, 1.807) is 14.2 Å². The zero-order valence-electron chi connectivity index (χ0n) is 12.5. The van der Waals surface area contributed by atoms with Crippen molar-refractivity contribution in [3.63, 3.8) is 0 Å². The minimum absolute atomic E-state index is 0.0508. The number of hydrogen-bond acceptors (Lipinski definition) is 5. The first-order chi connectivity index (χ1) is 9.35. The molecule has 0 aliphatic heterocycles. The van der Waals surface area contributed by atoms with Gasteiger partial charge in [-0.25, -0.2) is 8.42 Å². The van der Waals surface area contributed by atoms with Crippen molar-refractivity contribution in [3.05, 3.63) is 23.8 Å². The van der Waals surface area contributed by atoms with Crippen molar-refractivity contribution in [1.82, 2.24) is 5.32 Å². The SMILES string of the molecule is COc1ccc(CCN[C@@H](C)CS(C)(=O)=O)cc1OC. The van der Waals surface area contributed by atoms with Gasteiger partial charge in [0.15, 0.2) is 11.5 Å². The van der Waals surface area contributed by atoms with Crippen LogP contribution in [0, 0.1) is 0 Å². The van der Waals surface area contributed by atoms with Crippen molar-refractivity contribution in [2.24, 2.45) is 0 Å². The highest BCUT2D eigenvalue weighted by atomic mass is 32.2. The third-order valence-electron chi connectivity index (χ3n) is 2.91. The molecule has 1 aromatic carbocycles. The van der Waals surface area contributed by atoms with E-state index in [9.17, 15) is 8.42 Å². The summed E-state index contributed by atoms with van der Waals surface area (Å²) in [5, 5.41) is 3.20. The van der Waals surface area contributed by atoms with E-state index >= 15 is 0 Å². The molecule has 114 valence electrons. The first-order valence-corrected chi connectivity index (χ1v) is 8.53. The lowest BCUT2D eigenvalue weighted by Gasteiger charge is -2.13. The van der Waals surface area contributed by atoms with E-state index in [2.05, 4.69) is 5.32 Å². The van der Waals surface area contributed by atoms with Crippen molar-refractivity contribution < 1.29 is 17.9 Å². The lowest BCUT2D eigenvalue weighted by atomic mass is 10.1. The second-order valence-corrected chi connectivity index (χ2v) is 7.07. The highest BCUT2D eigenvalue weighted by Crippen LogP contribution is 2.27. The van der Waals surface area contributed by atoms with Crippen molar-refractivity contribution in [2.75, 3.05) is 32.8 Å². The molecule has 0 bridgehead atoms. The molecule has 0 saturated heterocycles. The molecule has 1 aromatic rings. The largest absolute Gasteiger partial charge is 0.493 e. The van der Waals surface area contributed by atoms with Crippen LogP contribution >= 0.6 is 0 Å². The van der Waals surface area contributed by atoms with Gasteiger partial charge in [-0.3, -0.25) is 0 Å². The Morgan fingerprint density at radius 1 is 1.20 bits per heavy atom. The summed E-state index contributed by atoms with van der Waals surface area (Å²) in [6, 6.07) is 5.73. The van der Waals surface area contributed by atoms with Crippen LogP contribution in [0.3, 0.4) is 0 Å². The van der Waals surface area contributed by atoms with Gasteiger partial charge in [-0.15, -0.1) is 0 Å². The predicted octanol–water partition coefficient (Wildman–Crippen LogP) is 1.27. The number of nitrogens with one attached hydrogen (secondary N) is 1. The van der Waals surface area contributed by atoms with E-state index in [1.165, 1.54) is 6.26 Å². The quantitative estimate of drug-likeness (QED) is 0.783. The van der Waals surface area contributed by atoms with Gasteiger partial charge in [0.25, 0.3) is 0 Å². The van der Waals surface area contributed by atoms with Gasteiger partial charge in [-0.1, -0.05) is 6.07 Å². The normalized spacial score (nSPS) is 13.0. The van der Waals surface area contributed by atoms with Gasteiger partial charge in [-0.2, -0.15) is 0 Å². The number of rotatable bonds is 8. The van der Waals surface area contributed by atoms with E-state index in [4.69, 9.17) is 9.47 Å². The van der Waals surface area contributed by atoms with Crippen molar-refractivity contribution >= 4 is 9.84 Å². The Hall–Kier alpha value is -1.27. The van der Waals surface area contributed by atoms with Crippen molar-refractivity contribution in [2.45, 2.75) is 19.4 Å². The molecule has 0 radical (unpaired) electrons. The summed E-state index contributed by atoms with van der Waals surface area (Å²) >= 11 is 0. The maximum atomic E-state index is 11.2. The predicted molar refractivity (Wildman–Crippen MR) is 80.4 cm³/mol. The first kappa shape index (κ1) is 16.8.